The summed E-state index contributed by atoms with van der Waals surface area (Å²) < 4.78 is 17.1. The van der Waals surface area contributed by atoms with Crippen molar-refractivity contribution in [3.05, 3.63) is 74.1 Å². The minimum absolute atomic E-state index is 0.0731. The van der Waals surface area contributed by atoms with E-state index in [4.69, 9.17) is 14.2 Å². The molecule has 2 aromatic heterocycles. The van der Waals surface area contributed by atoms with Crippen molar-refractivity contribution in [1.29, 1.82) is 0 Å². The predicted octanol–water partition coefficient (Wildman–Crippen LogP) is 0.947. The number of ether oxygens (including phenoxy) is 3. The average molecular weight is 465 g/mol. The van der Waals surface area contributed by atoms with Gasteiger partial charge in [0, 0.05) is 23.4 Å². The molecule has 0 fully saturated rings. The molecular weight excluding hydrogens is 440 g/mol. The number of aromatic amines is 2. The number of H-pyrrole nitrogens is 2. The molecule has 176 valence electrons. The summed E-state index contributed by atoms with van der Waals surface area (Å²) in [6.07, 6.45) is 0.779. The highest BCUT2D eigenvalue weighted by atomic mass is 16.5. The Bertz CT molecular complexity index is 1520. The van der Waals surface area contributed by atoms with Gasteiger partial charge in [-0.3, -0.25) is 9.78 Å². The van der Waals surface area contributed by atoms with E-state index in [1.165, 1.54) is 14.2 Å². The number of nitrogens with zero attached hydrogens (tertiary/aromatic N) is 1. The molecule has 1 aliphatic rings. The number of aromatic nitrogens is 3. The average Bonchev–Trinajstić information content (AvgIpc) is 3.22. The highest BCUT2D eigenvalue weighted by molar-refractivity contribution is 5.86. The van der Waals surface area contributed by atoms with Crippen LogP contribution >= 0.6 is 0 Å². The van der Waals surface area contributed by atoms with Crippen LogP contribution in [0.4, 0.5) is 0 Å². The van der Waals surface area contributed by atoms with E-state index < -0.39 is 23.2 Å². The molecule has 34 heavy (non-hydrogen) atoms. The number of nitrogens with two attached hydrogens (primary N) is 1. The van der Waals surface area contributed by atoms with Gasteiger partial charge in [0.1, 0.15) is 22.8 Å². The Hall–Kier alpha value is -4.18. The number of fused-ring (bicyclic) bond motifs is 3. The van der Waals surface area contributed by atoms with Gasteiger partial charge >= 0.3 is 5.69 Å². The van der Waals surface area contributed by atoms with Gasteiger partial charge in [-0.2, -0.15) is 0 Å². The fourth-order valence-electron chi connectivity index (χ4n) is 4.70. The molecule has 10 heteroatoms. The maximum atomic E-state index is 13.0. The minimum atomic E-state index is -0.782. The van der Waals surface area contributed by atoms with E-state index in [9.17, 15) is 14.7 Å². The first-order valence-corrected chi connectivity index (χ1v) is 10.8. The quantitative estimate of drug-likeness (QED) is 0.347. The molecule has 0 aliphatic carbocycles. The van der Waals surface area contributed by atoms with Crippen LogP contribution < -0.4 is 30.8 Å². The Kier molecular flexibility index (Phi) is 5.29. The van der Waals surface area contributed by atoms with Crippen molar-refractivity contribution in [2.75, 3.05) is 27.9 Å². The molecule has 4 aromatic rings. The molecule has 5 rings (SSSR count). The number of methoxy groups -OCH3 is 3. The summed E-state index contributed by atoms with van der Waals surface area (Å²) in [5.41, 5.74) is 1.66. The van der Waals surface area contributed by atoms with Gasteiger partial charge in [-0.25, -0.2) is 9.36 Å². The van der Waals surface area contributed by atoms with Crippen molar-refractivity contribution in [3.63, 3.8) is 0 Å². The third kappa shape index (κ3) is 3.30. The number of hydrogen-bond acceptors (Lipinski definition) is 6. The third-order valence-electron chi connectivity index (χ3n) is 6.31. The van der Waals surface area contributed by atoms with Gasteiger partial charge in [0.15, 0.2) is 6.04 Å². The number of nitrogens with one attached hydrogen (secondary N) is 2. The summed E-state index contributed by atoms with van der Waals surface area (Å²) in [6.45, 7) is 0.697. The molecule has 0 bridgehead atoms. The second kappa shape index (κ2) is 8.31. The molecular formula is C24H25N4O6+. The Morgan fingerprint density at radius 2 is 1.74 bits per heavy atom. The summed E-state index contributed by atoms with van der Waals surface area (Å²) >= 11 is 0. The summed E-state index contributed by atoms with van der Waals surface area (Å²) in [6, 6.07) is 10.1. The van der Waals surface area contributed by atoms with Gasteiger partial charge in [0.2, 0.25) is 5.88 Å². The van der Waals surface area contributed by atoms with E-state index in [0.29, 0.717) is 18.0 Å². The molecule has 0 saturated carbocycles. The molecule has 5 N–H and O–H groups in total. The molecule has 1 aliphatic heterocycles. The van der Waals surface area contributed by atoms with E-state index in [-0.39, 0.29) is 11.3 Å². The van der Waals surface area contributed by atoms with Crippen LogP contribution in [0, 0.1) is 0 Å². The summed E-state index contributed by atoms with van der Waals surface area (Å²) in [4.78, 5) is 31.6. The molecule has 2 aromatic carbocycles. The number of aromatic hydroxyl groups is 1. The Labute approximate surface area is 193 Å². The van der Waals surface area contributed by atoms with E-state index in [1.807, 2.05) is 23.5 Å². The standard InChI is InChI=1S/C24H24N4O6/c1-32-12-4-6-16-15(10-12)14-8-9-25-21(20(14)26-16)19-22(29)27-24(31)28(23(19)30)17-11-13(33-2)5-7-18(17)34-3/h4-7,10-11,21,25-26,30H,8-9H2,1-3H3,(H,27,29,31)/p+1/t21-/m1/s1. The smallest absolute Gasteiger partial charge is 0.335 e. The predicted molar refractivity (Wildman–Crippen MR) is 125 cm³/mol. The third-order valence-corrected chi connectivity index (χ3v) is 6.31. The lowest BCUT2D eigenvalue weighted by Crippen LogP contribution is -2.87. The molecule has 3 heterocycles. The number of rotatable bonds is 5. The summed E-state index contributed by atoms with van der Waals surface area (Å²) in [7, 11) is 4.57. The van der Waals surface area contributed by atoms with Crippen LogP contribution in [0.2, 0.25) is 0 Å². The molecule has 10 nitrogen and oxygen atoms in total. The van der Waals surface area contributed by atoms with Crippen LogP contribution in [-0.2, 0) is 6.42 Å². The van der Waals surface area contributed by atoms with Crippen molar-refractivity contribution >= 4 is 10.9 Å². The lowest BCUT2D eigenvalue weighted by molar-refractivity contribution is -0.690. The van der Waals surface area contributed by atoms with Crippen molar-refractivity contribution in [1.82, 2.24) is 14.5 Å². The van der Waals surface area contributed by atoms with Gasteiger partial charge in [-0.05, 0) is 35.9 Å². The zero-order chi connectivity index (χ0) is 24.0. The lowest BCUT2D eigenvalue weighted by Gasteiger charge is -2.23. The Balaban J connectivity index is 1.74. The van der Waals surface area contributed by atoms with Gasteiger partial charge < -0.3 is 29.6 Å². The number of hydrogen-bond donors (Lipinski definition) is 4. The first-order valence-electron chi connectivity index (χ1n) is 10.8. The molecule has 0 saturated heterocycles. The van der Waals surface area contributed by atoms with Crippen molar-refractivity contribution < 1.29 is 24.6 Å². The van der Waals surface area contributed by atoms with Crippen molar-refractivity contribution in [3.8, 4) is 28.8 Å². The Morgan fingerprint density at radius 3 is 2.47 bits per heavy atom. The van der Waals surface area contributed by atoms with Crippen LogP contribution in [0.1, 0.15) is 22.9 Å². The van der Waals surface area contributed by atoms with Crippen LogP contribution in [0.3, 0.4) is 0 Å². The van der Waals surface area contributed by atoms with Gasteiger partial charge in [-0.15, -0.1) is 0 Å². The molecule has 1 atom stereocenters. The maximum absolute atomic E-state index is 13.0. The molecule has 0 amide bonds. The molecule has 0 unspecified atom stereocenters. The first-order chi connectivity index (χ1) is 16.5. The van der Waals surface area contributed by atoms with Crippen LogP contribution in [0.5, 0.6) is 23.1 Å². The van der Waals surface area contributed by atoms with Crippen molar-refractivity contribution in [2.45, 2.75) is 12.5 Å². The highest BCUT2D eigenvalue weighted by Gasteiger charge is 2.35. The lowest BCUT2D eigenvalue weighted by atomic mass is 9.95. The maximum Gasteiger partial charge on any atom is 0.335 e. The van der Waals surface area contributed by atoms with E-state index in [1.54, 1.807) is 25.3 Å². The zero-order valence-electron chi connectivity index (χ0n) is 19.0. The molecule has 0 radical (unpaired) electrons. The normalized spacial score (nSPS) is 15.2. The van der Waals surface area contributed by atoms with E-state index in [2.05, 4.69) is 9.97 Å². The minimum Gasteiger partial charge on any atom is -0.497 e. The second-order valence-electron chi connectivity index (χ2n) is 8.05. The zero-order valence-corrected chi connectivity index (χ0v) is 19.0. The van der Waals surface area contributed by atoms with E-state index in [0.717, 1.165) is 38.9 Å². The largest absolute Gasteiger partial charge is 0.497 e. The topological polar surface area (TPSA) is 135 Å². The summed E-state index contributed by atoms with van der Waals surface area (Å²) in [5, 5.41) is 14.3. The van der Waals surface area contributed by atoms with Crippen LogP contribution in [0.15, 0.2) is 46.0 Å². The number of benzene rings is 2. The monoisotopic (exact) mass is 465 g/mol. The van der Waals surface area contributed by atoms with Gasteiger partial charge in [-0.1, -0.05) is 0 Å². The van der Waals surface area contributed by atoms with Crippen LogP contribution in [-0.4, -0.2) is 47.5 Å². The van der Waals surface area contributed by atoms with Crippen LogP contribution in [0.25, 0.3) is 16.6 Å². The number of quaternary nitrogens is 1. The van der Waals surface area contributed by atoms with Crippen molar-refractivity contribution in [2.24, 2.45) is 0 Å². The molecule has 0 spiro atoms. The SMILES string of the molecule is COc1ccc(OC)c(-n2c(O)c([C@H]3[NH2+]CCc4c3[nH]c3ccc(OC)cc43)c(=O)[nH]c2=O)c1. The van der Waals surface area contributed by atoms with E-state index >= 15 is 0 Å². The van der Waals surface area contributed by atoms with Gasteiger partial charge in [0.05, 0.1) is 39.3 Å². The fraction of sp³-hybridized carbons (Fsp3) is 0.250. The second-order valence-corrected chi connectivity index (χ2v) is 8.05. The first kappa shape index (κ1) is 21.7. The highest BCUT2D eigenvalue weighted by Crippen LogP contribution is 2.35. The fourth-order valence-corrected chi connectivity index (χ4v) is 4.70. The summed E-state index contributed by atoms with van der Waals surface area (Å²) in [5.74, 6) is 1.08. The Morgan fingerprint density at radius 1 is 1.00 bits per heavy atom. The van der Waals surface area contributed by atoms with Gasteiger partial charge in [0.25, 0.3) is 5.56 Å².